The van der Waals surface area contributed by atoms with Gasteiger partial charge >= 0.3 is 0 Å². The molecule has 4 heteroatoms. The standard InChI is InChI=1S/C8H20N4/c1-8(2,3)6-12(5)7(10-4)11-9/h6,9H2,1-5H3,(H,10,11). The summed E-state index contributed by atoms with van der Waals surface area (Å²) in [5.41, 5.74) is 2.80. The van der Waals surface area contributed by atoms with Gasteiger partial charge in [-0.1, -0.05) is 20.8 Å². The van der Waals surface area contributed by atoms with E-state index in [9.17, 15) is 0 Å². The number of rotatable bonds is 1. The SMILES string of the molecule is CN=C(NN)N(C)CC(C)(C)C. The first-order chi connectivity index (χ1) is 5.40. The lowest BCUT2D eigenvalue weighted by atomic mass is 9.96. The van der Waals surface area contributed by atoms with Crippen LogP contribution in [0.2, 0.25) is 0 Å². The number of guanidine groups is 1. The number of aliphatic imine (C=N–C) groups is 1. The Morgan fingerprint density at radius 3 is 2.25 bits per heavy atom. The van der Waals surface area contributed by atoms with Crippen LogP contribution in [0.25, 0.3) is 0 Å². The molecule has 0 aromatic heterocycles. The number of nitrogens with one attached hydrogen (secondary N) is 1. The quantitative estimate of drug-likeness (QED) is 0.261. The first kappa shape index (κ1) is 11.2. The van der Waals surface area contributed by atoms with Crippen LogP contribution in [0, 0.1) is 5.41 Å². The van der Waals surface area contributed by atoms with E-state index in [1.54, 1.807) is 7.05 Å². The molecular formula is C8H20N4. The smallest absolute Gasteiger partial charge is 0.207 e. The minimum atomic E-state index is 0.252. The largest absolute Gasteiger partial charge is 0.344 e. The molecule has 0 saturated carbocycles. The topological polar surface area (TPSA) is 53.6 Å². The minimum absolute atomic E-state index is 0.252. The Morgan fingerprint density at radius 1 is 1.50 bits per heavy atom. The van der Waals surface area contributed by atoms with Crippen LogP contribution in [0.4, 0.5) is 0 Å². The molecule has 0 aliphatic carbocycles. The molecule has 0 aromatic rings. The average molecular weight is 172 g/mol. The Bertz CT molecular complexity index is 157. The molecule has 0 rings (SSSR count). The summed E-state index contributed by atoms with van der Waals surface area (Å²) in [6, 6.07) is 0. The lowest BCUT2D eigenvalue weighted by molar-refractivity contribution is 0.300. The van der Waals surface area contributed by atoms with Crippen LogP contribution < -0.4 is 11.3 Å². The molecule has 0 saturated heterocycles. The highest BCUT2D eigenvalue weighted by Gasteiger charge is 2.15. The maximum Gasteiger partial charge on any atom is 0.207 e. The molecule has 0 spiro atoms. The van der Waals surface area contributed by atoms with Crippen molar-refractivity contribution in [2.24, 2.45) is 16.3 Å². The van der Waals surface area contributed by atoms with Gasteiger partial charge in [0.15, 0.2) is 0 Å². The van der Waals surface area contributed by atoms with Crippen LogP contribution >= 0.6 is 0 Å². The third-order valence-electron chi connectivity index (χ3n) is 1.41. The van der Waals surface area contributed by atoms with E-state index in [2.05, 4.69) is 31.2 Å². The zero-order valence-electron chi connectivity index (χ0n) is 8.68. The van der Waals surface area contributed by atoms with Crippen molar-refractivity contribution in [3.63, 3.8) is 0 Å². The fourth-order valence-corrected chi connectivity index (χ4v) is 1.13. The number of nitrogens with zero attached hydrogens (tertiary/aromatic N) is 2. The minimum Gasteiger partial charge on any atom is -0.344 e. The first-order valence-corrected chi connectivity index (χ1v) is 4.05. The third kappa shape index (κ3) is 4.18. The molecule has 0 aromatic carbocycles. The zero-order valence-corrected chi connectivity index (χ0v) is 8.68. The van der Waals surface area contributed by atoms with E-state index >= 15 is 0 Å². The molecule has 0 heterocycles. The lowest BCUT2D eigenvalue weighted by Gasteiger charge is -2.28. The molecule has 0 atom stereocenters. The second-order valence-corrected chi connectivity index (χ2v) is 4.11. The monoisotopic (exact) mass is 172 g/mol. The van der Waals surface area contributed by atoms with Gasteiger partial charge in [0, 0.05) is 20.6 Å². The molecule has 12 heavy (non-hydrogen) atoms. The molecule has 72 valence electrons. The van der Waals surface area contributed by atoms with Gasteiger partial charge in [-0.3, -0.25) is 10.4 Å². The van der Waals surface area contributed by atoms with Crippen LogP contribution in [0.3, 0.4) is 0 Å². The van der Waals surface area contributed by atoms with E-state index in [1.165, 1.54) is 0 Å². The van der Waals surface area contributed by atoms with E-state index in [4.69, 9.17) is 5.84 Å². The van der Waals surface area contributed by atoms with Gasteiger partial charge in [0.25, 0.3) is 0 Å². The summed E-state index contributed by atoms with van der Waals surface area (Å²) in [5, 5.41) is 0. The van der Waals surface area contributed by atoms with Crippen molar-refractivity contribution in [2.75, 3.05) is 20.6 Å². The highest BCUT2D eigenvalue weighted by atomic mass is 15.4. The summed E-state index contributed by atoms with van der Waals surface area (Å²) in [6.07, 6.45) is 0. The van der Waals surface area contributed by atoms with Crippen LogP contribution in [0.5, 0.6) is 0 Å². The van der Waals surface area contributed by atoms with E-state index in [0.717, 1.165) is 6.54 Å². The highest BCUT2D eigenvalue weighted by molar-refractivity contribution is 5.78. The maximum absolute atomic E-state index is 5.28. The molecule has 0 aliphatic heterocycles. The van der Waals surface area contributed by atoms with E-state index in [0.29, 0.717) is 5.96 Å². The normalized spacial score (nSPS) is 13.0. The van der Waals surface area contributed by atoms with Gasteiger partial charge in [0.05, 0.1) is 0 Å². The zero-order chi connectivity index (χ0) is 9.78. The molecule has 0 aliphatic rings. The number of nitrogens with two attached hydrogens (primary N) is 1. The van der Waals surface area contributed by atoms with Gasteiger partial charge in [-0.05, 0) is 5.41 Å². The summed E-state index contributed by atoms with van der Waals surface area (Å²) in [4.78, 5) is 6.00. The molecular weight excluding hydrogens is 152 g/mol. The van der Waals surface area contributed by atoms with E-state index < -0.39 is 0 Å². The lowest BCUT2D eigenvalue weighted by Crippen LogP contribution is -2.45. The highest BCUT2D eigenvalue weighted by Crippen LogP contribution is 2.13. The second kappa shape index (κ2) is 4.30. The number of hydrogen-bond acceptors (Lipinski definition) is 2. The van der Waals surface area contributed by atoms with Crippen molar-refractivity contribution in [3.05, 3.63) is 0 Å². The van der Waals surface area contributed by atoms with E-state index in [1.807, 2.05) is 11.9 Å². The molecule has 0 amide bonds. The van der Waals surface area contributed by atoms with Gasteiger partial charge in [-0.15, -0.1) is 0 Å². The average Bonchev–Trinajstić information content (AvgIpc) is 1.85. The molecule has 3 N–H and O–H groups in total. The Morgan fingerprint density at radius 2 is 2.00 bits per heavy atom. The number of hydrogen-bond donors (Lipinski definition) is 2. The molecule has 0 fully saturated rings. The van der Waals surface area contributed by atoms with Crippen molar-refractivity contribution in [1.29, 1.82) is 0 Å². The van der Waals surface area contributed by atoms with Crippen LogP contribution in [0.15, 0.2) is 4.99 Å². The fourth-order valence-electron chi connectivity index (χ4n) is 1.13. The van der Waals surface area contributed by atoms with Crippen LogP contribution in [-0.4, -0.2) is 31.5 Å². The summed E-state index contributed by atoms with van der Waals surface area (Å²) in [5.74, 6) is 5.99. The van der Waals surface area contributed by atoms with Gasteiger partial charge in [-0.2, -0.15) is 0 Å². The Balaban J connectivity index is 4.12. The maximum atomic E-state index is 5.28. The van der Waals surface area contributed by atoms with Gasteiger partial charge < -0.3 is 4.90 Å². The van der Waals surface area contributed by atoms with Crippen molar-refractivity contribution >= 4 is 5.96 Å². The Labute approximate surface area is 74.8 Å². The molecule has 0 radical (unpaired) electrons. The fraction of sp³-hybridized carbons (Fsp3) is 0.875. The Hall–Kier alpha value is -0.770. The summed E-state index contributed by atoms with van der Waals surface area (Å²) < 4.78 is 0. The molecule has 0 bridgehead atoms. The summed E-state index contributed by atoms with van der Waals surface area (Å²) >= 11 is 0. The van der Waals surface area contributed by atoms with Gasteiger partial charge in [0.1, 0.15) is 0 Å². The predicted molar refractivity (Wildman–Crippen MR) is 52.8 cm³/mol. The second-order valence-electron chi connectivity index (χ2n) is 4.11. The van der Waals surface area contributed by atoms with Gasteiger partial charge in [-0.25, -0.2) is 5.84 Å². The first-order valence-electron chi connectivity index (χ1n) is 4.05. The Kier molecular flexibility index (Phi) is 4.03. The number of hydrazine groups is 1. The van der Waals surface area contributed by atoms with Crippen molar-refractivity contribution in [3.8, 4) is 0 Å². The van der Waals surface area contributed by atoms with Crippen LogP contribution in [0.1, 0.15) is 20.8 Å². The van der Waals surface area contributed by atoms with Crippen molar-refractivity contribution < 1.29 is 0 Å². The van der Waals surface area contributed by atoms with Crippen molar-refractivity contribution in [2.45, 2.75) is 20.8 Å². The van der Waals surface area contributed by atoms with Gasteiger partial charge in [0.2, 0.25) is 5.96 Å². The molecule has 0 unspecified atom stereocenters. The van der Waals surface area contributed by atoms with E-state index in [-0.39, 0.29) is 5.41 Å². The summed E-state index contributed by atoms with van der Waals surface area (Å²) in [6.45, 7) is 7.44. The molecule has 4 nitrogen and oxygen atoms in total. The van der Waals surface area contributed by atoms with Crippen molar-refractivity contribution in [1.82, 2.24) is 10.3 Å². The third-order valence-corrected chi connectivity index (χ3v) is 1.41. The summed E-state index contributed by atoms with van der Waals surface area (Å²) in [7, 11) is 3.68. The predicted octanol–water partition coefficient (Wildman–Crippen LogP) is 0.413. The van der Waals surface area contributed by atoms with Crippen LogP contribution in [-0.2, 0) is 0 Å².